The first-order valence-electron chi connectivity index (χ1n) is 9.04. The lowest BCUT2D eigenvalue weighted by Gasteiger charge is -2.29. The van der Waals surface area contributed by atoms with Gasteiger partial charge in [-0.3, -0.25) is 4.79 Å². The molecule has 4 nitrogen and oxygen atoms in total. The molecule has 1 aliphatic carbocycles. The van der Waals surface area contributed by atoms with E-state index in [0.29, 0.717) is 24.7 Å². The SMILES string of the molecule is O=C(CC1CCS(=O)(=O)C1)NCC1CCC(c2ccccc2)CC1. The van der Waals surface area contributed by atoms with E-state index in [9.17, 15) is 13.2 Å². The van der Waals surface area contributed by atoms with Crippen molar-refractivity contribution in [2.45, 2.75) is 44.4 Å². The molecule has 0 aromatic heterocycles. The molecule has 2 aliphatic rings. The maximum atomic E-state index is 12.0. The first-order valence-corrected chi connectivity index (χ1v) is 10.9. The van der Waals surface area contributed by atoms with Gasteiger partial charge in [0.15, 0.2) is 9.84 Å². The third-order valence-electron chi connectivity index (χ3n) is 5.51. The van der Waals surface area contributed by atoms with Crippen LogP contribution in [0.25, 0.3) is 0 Å². The summed E-state index contributed by atoms with van der Waals surface area (Å²) in [5.74, 6) is 1.67. The summed E-state index contributed by atoms with van der Waals surface area (Å²) in [6.07, 6.45) is 5.67. The van der Waals surface area contributed by atoms with Gasteiger partial charge in [0.2, 0.25) is 5.91 Å². The van der Waals surface area contributed by atoms with Crippen molar-refractivity contribution in [3.05, 3.63) is 35.9 Å². The largest absolute Gasteiger partial charge is 0.356 e. The molecule has 1 saturated heterocycles. The molecule has 2 fully saturated rings. The molecule has 0 spiro atoms. The molecule has 1 amide bonds. The summed E-state index contributed by atoms with van der Waals surface area (Å²) in [4.78, 5) is 12.0. The minimum atomic E-state index is -2.89. The summed E-state index contributed by atoms with van der Waals surface area (Å²) < 4.78 is 22.9. The van der Waals surface area contributed by atoms with Crippen LogP contribution in [0.3, 0.4) is 0 Å². The van der Waals surface area contributed by atoms with Crippen LogP contribution in [0.5, 0.6) is 0 Å². The Morgan fingerprint density at radius 2 is 1.71 bits per heavy atom. The molecule has 1 unspecified atom stereocenters. The van der Waals surface area contributed by atoms with Crippen molar-refractivity contribution in [1.29, 1.82) is 0 Å². The third kappa shape index (κ3) is 4.82. The second kappa shape index (κ2) is 7.68. The second-order valence-electron chi connectivity index (χ2n) is 7.41. The summed E-state index contributed by atoms with van der Waals surface area (Å²) in [6.45, 7) is 0.736. The number of amides is 1. The Morgan fingerprint density at radius 1 is 1.00 bits per heavy atom. The van der Waals surface area contributed by atoms with Crippen LogP contribution < -0.4 is 5.32 Å². The zero-order valence-electron chi connectivity index (χ0n) is 14.1. The smallest absolute Gasteiger partial charge is 0.220 e. The molecule has 0 radical (unpaired) electrons. The fourth-order valence-corrected chi connectivity index (χ4v) is 5.91. The van der Waals surface area contributed by atoms with Crippen LogP contribution in [0, 0.1) is 11.8 Å². The highest BCUT2D eigenvalue weighted by atomic mass is 32.2. The number of benzene rings is 1. The van der Waals surface area contributed by atoms with Crippen molar-refractivity contribution in [3.63, 3.8) is 0 Å². The van der Waals surface area contributed by atoms with E-state index in [-0.39, 0.29) is 23.3 Å². The predicted molar refractivity (Wildman–Crippen MR) is 95.5 cm³/mol. The third-order valence-corrected chi connectivity index (χ3v) is 7.34. The van der Waals surface area contributed by atoms with Crippen LogP contribution in [0.2, 0.25) is 0 Å². The number of hydrogen-bond acceptors (Lipinski definition) is 3. The molecule has 1 aliphatic heterocycles. The number of rotatable bonds is 5. The van der Waals surface area contributed by atoms with Gasteiger partial charge >= 0.3 is 0 Å². The highest BCUT2D eigenvalue weighted by Crippen LogP contribution is 2.35. The van der Waals surface area contributed by atoms with Crippen LogP contribution in [0.15, 0.2) is 30.3 Å². The Bertz CT molecular complexity index is 648. The molecule has 3 rings (SSSR count). The number of carbonyl (C=O) groups is 1. The van der Waals surface area contributed by atoms with Gasteiger partial charge in [0.1, 0.15) is 0 Å². The Balaban J connectivity index is 1.37. The summed E-state index contributed by atoms with van der Waals surface area (Å²) in [6, 6.07) is 10.7. The molecule has 1 N–H and O–H groups in total. The zero-order valence-corrected chi connectivity index (χ0v) is 14.9. The van der Waals surface area contributed by atoms with E-state index in [1.54, 1.807) is 0 Å². The van der Waals surface area contributed by atoms with Crippen molar-refractivity contribution >= 4 is 15.7 Å². The van der Waals surface area contributed by atoms with Crippen molar-refractivity contribution < 1.29 is 13.2 Å². The van der Waals surface area contributed by atoms with Gasteiger partial charge in [0.05, 0.1) is 11.5 Å². The van der Waals surface area contributed by atoms with E-state index in [1.807, 2.05) is 0 Å². The van der Waals surface area contributed by atoms with Crippen molar-refractivity contribution in [2.24, 2.45) is 11.8 Å². The molecule has 132 valence electrons. The topological polar surface area (TPSA) is 63.2 Å². The fraction of sp³-hybridized carbons (Fsp3) is 0.632. The van der Waals surface area contributed by atoms with Gasteiger partial charge < -0.3 is 5.32 Å². The van der Waals surface area contributed by atoms with E-state index in [0.717, 1.165) is 19.4 Å². The molecule has 5 heteroatoms. The molecule has 1 heterocycles. The first kappa shape index (κ1) is 17.5. The highest BCUT2D eigenvalue weighted by Gasteiger charge is 2.29. The van der Waals surface area contributed by atoms with Crippen molar-refractivity contribution in [1.82, 2.24) is 5.32 Å². The molecule has 1 saturated carbocycles. The normalized spacial score (nSPS) is 29.2. The number of nitrogens with one attached hydrogen (secondary N) is 1. The molecule has 1 atom stereocenters. The molecule has 1 aromatic rings. The summed E-state index contributed by atoms with van der Waals surface area (Å²) in [5, 5.41) is 3.03. The maximum absolute atomic E-state index is 12.0. The van der Waals surface area contributed by atoms with E-state index >= 15 is 0 Å². The van der Waals surface area contributed by atoms with Crippen molar-refractivity contribution in [2.75, 3.05) is 18.1 Å². The fourth-order valence-electron chi connectivity index (χ4n) is 4.05. The maximum Gasteiger partial charge on any atom is 0.220 e. The lowest BCUT2D eigenvalue weighted by molar-refractivity contribution is -0.122. The van der Waals surface area contributed by atoms with Gasteiger partial charge in [-0.15, -0.1) is 0 Å². The molecular weight excluding hydrogens is 322 g/mol. The monoisotopic (exact) mass is 349 g/mol. The minimum absolute atomic E-state index is 0.0160. The Hall–Kier alpha value is -1.36. The van der Waals surface area contributed by atoms with E-state index in [4.69, 9.17) is 0 Å². The Labute approximate surface area is 145 Å². The Morgan fingerprint density at radius 3 is 2.33 bits per heavy atom. The molecular formula is C19H27NO3S. The summed E-state index contributed by atoms with van der Waals surface area (Å²) in [7, 11) is -2.89. The quantitative estimate of drug-likeness (QED) is 0.889. The van der Waals surface area contributed by atoms with Gasteiger partial charge in [0, 0.05) is 13.0 Å². The second-order valence-corrected chi connectivity index (χ2v) is 9.63. The lowest BCUT2D eigenvalue weighted by atomic mass is 9.78. The summed E-state index contributed by atoms with van der Waals surface area (Å²) >= 11 is 0. The van der Waals surface area contributed by atoms with Gasteiger partial charge in [-0.25, -0.2) is 8.42 Å². The number of sulfone groups is 1. The van der Waals surface area contributed by atoms with Crippen molar-refractivity contribution in [3.8, 4) is 0 Å². The van der Waals surface area contributed by atoms with Crippen LogP contribution in [0.4, 0.5) is 0 Å². The zero-order chi connectivity index (χ0) is 17.0. The van der Waals surface area contributed by atoms with Gasteiger partial charge in [-0.2, -0.15) is 0 Å². The van der Waals surface area contributed by atoms with Crippen LogP contribution >= 0.6 is 0 Å². The van der Waals surface area contributed by atoms with Crippen LogP contribution in [-0.4, -0.2) is 32.4 Å². The van der Waals surface area contributed by atoms with Gasteiger partial charge in [-0.1, -0.05) is 30.3 Å². The van der Waals surface area contributed by atoms with E-state index < -0.39 is 9.84 Å². The first-order chi connectivity index (χ1) is 11.5. The van der Waals surface area contributed by atoms with Gasteiger partial charge in [-0.05, 0) is 55.4 Å². The van der Waals surface area contributed by atoms with Crippen LogP contribution in [0.1, 0.15) is 50.0 Å². The number of hydrogen-bond donors (Lipinski definition) is 1. The standard InChI is InChI=1S/C19H27NO3S/c21-19(12-16-10-11-24(22,23)14-16)20-13-15-6-8-18(9-7-15)17-4-2-1-3-5-17/h1-5,15-16,18H,6-14H2,(H,20,21). The van der Waals surface area contributed by atoms with Gasteiger partial charge in [0.25, 0.3) is 0 Å². The lowest BCUT2D eigenvalue weighted by Crippen LogP contribution is -2.32. The number of carbonyl (C=O) groups excluding carboxylic acids is 1. The average molecular weight is 349 g/mol. The molecule has 1 aromatic carbocycles. The summed E-state index contributed by atoms with van der Waals surface area (Å²) in [5.41, 5.74) is 1.43. The van der Waals surface area contributed by atoms with E-state index in [1.165, 1.54) is 18.4 Å². The highest BCUT2D eigenvalue weighted by molar-refractivity contribution is 7.91. The average Bonchev–Trinajstić information content (AvgIpc) is 2.93. The Kier molecular flexibility index (Phi) is 5.59. The minimum Gasteiger partial charge on any atom is -0.356 e. The molecule has 0 bridgehead atoms. The van der Waals surface area contributed by atoms with E-state index in [2.05, 4.69) is 35.6 Å². The predicted octanol–water partition coefficient (Wildman–Crippen LogP) is 2.90. The molecule has 24 heavy (non-hydrogen) atoms. The van der Waals surface area contributed by atoms with Crippen LogP contribution in [-0.2, 0) is 14.6 Å².